The minimum Gasteiger partial charge on any atom is -0.497 e. The molecule has 1 rings (SSSR count). The first kappa shape index (κ1) is 17.8. The summed E-state index contributed by atoms with van der Waals surface area (Å²) in [6.45, 7) is 3.81. The molecule has 1 aromatic rings. The lowest BCUT2D eigenvalue weighted by Crippen LogP contribution is -2.28. The zero-order valence-electron chi connectivity index (χ0n) is 13.3. The average Bonchev–Trinajstić information content (AvgIpc) is 2.42. The molecule has 0 aliphatic rings. The predicted molar refractivity (Wildman–Crippen MR) is 84.8 cm³/mol. The van der Waals surface area contributed by atoms with Crippen molar-refractivity contribution in [2.75, 3.05) is 32.8 Å². The lowest BCUT2D eigenvalue weighted by molar-refractivity contribution is 0.387. The van der Waals surface area contributed by atoms with E-state index in [2.05, 4.69) is 5.32 Å². The van der Waals surface area contributed by atoms with E-state index in [1.54, 1.807) is 33.4 Å². The molecule has 0 aliphatic carbocycles. The molecule has 0 fully saturated rings. The third kappa shape index (κ3) is 5.21. The highest BCUT2D eigenvalue weighted by atomic mass is 32.2. The van der Waals surface area contributed by atoms with Crippen LogP contribution in [0.25, 0.3) is 0 Å². The summed E-state index contributed by atoms with van der Waals surface area (Å²) in [5, 5.41) is 3.06. The molecule has 6 heteroatoms. The summed E-state index contributed by atoms with van der Waals surface area (Å²) in [5.74, 6) is 1.64. The highest BCUT2D eigenvalue weighted by Gasteiger charge is 2.23. The van der Waals surface area contributed by atoms with Gasteiger partial charge in [-0.05, 0) is 19.0 Å². The van der Waals surface area contributed by atoms with E-state index >= 15 is 0 Å². The Hall–Kier alpha value is -1.27. The molecule has 21 heavy (non-hydrogen) atoms. The van der Waals surface area contributed by atoms with E-state index in [0.29, 0.717) is 11.5 Å². The van der Waals surface area contributed by atoms with Gasteiger partial charge in [0.2, 0.25) is 0 Å². The van der Waals surface area contributed by atoms with Crippen LogP contribution in [0.15, 0.2) is 18.2 Å². The van der Waals surface area contributed by atoms with Crippen LogP contribution in [0, 0.1) is 5.92 Å². The molecule has 5 nitrogen and oxygen atoms in total. The minimum atomic E-state index is -3.13. The average molecular weight is 315 g/mol. The van der Waals surface area contributed by atoms with Crippen molar-refractivity contribution in [3.05, 3.63) is 23.8 Å². The summed E-state index contributed by atoms with van der Waals surface area (Å²) >= 11 is 0. The summed E-state index contributed by atoms with van der Waals surface area (Å²) < 4.78 is 34.9. The molecule has 0 saturated heterocycles. The van der Waals surface area contributed by atoms with Crippen LogP contribution in [0.3, 0.4) is 0 Å². The van der Waals surface area contributed by atoms with Crippen molar-refractivity contribution in [1.82, 2.24) is 5.32 Å². The first-order valence-corrected chi connectivity index (χ1v) is 8.74. The van der Waals surface area contributed by atoms with Gasteiger partial charge in [0.05, 0.1) is 25.7 Å². The number of methoxy groups -OCH3 is 2. The Kier molecular flexibility index (Phi) is 6.48. The molecule has 0 bridgehead atoms. The summed E-state index contributed by atoms with van der Waals surface area (Å²) in [4.78, 5) is 0. The van der Waals surface area contributed by atoms with Crippen LogP contribution in [0.1, 0.15) is 25.5 Å². The van der Waals surface area contributed by atoms with Gasteiger partial charge < -0.3 is 14.8 Å². The second-order valence-electron chi connectivity index (χ2n) is 5.42. The van der Waals surface area contributed by atoms with Crippen LogP contribution in [0.2, 0.25) is 0 Å². The molecule has 0 spiro atoms. The maximum absolute atomic E-state index is 12.2. The van der Waals surface area contributed by atoms with Gasteiger partial charge in [-0.3, -0.25) is 0 Å². The van der Waals surface area contributed by atoms with Crippen LogP contribution < -0.4 is 14.8 Å². The molecule has 120 valence electrons. The molecule has 0 heterocycles. The maximum Gasteiger partial charge on any atom is 0.152 e. The van der Waals surface area contributed by atoms with Gasteiger partial charge >= 0.3 is 0 Å². The Bertz CT molecular complexity index is 555. The molecule has 0 radical (unpaired) electrons. The molecule has 0 aliphatic heterocycles. The van der Waals surface area contributed by atoms with Gasteiger partial charge in [-0.15, -0.1) is 0 Å². The van der Waals surface area contributed by atoms with Gasteiger partial charge in [0.25, 0.3) is 0 Å². The topological polar surface area (TPSA) is 64.6 Å². The Morgan fingerprint density at radius 2 is 1.81 bits per heavy atom. The fourth-order valence-corrected chi connectivity index (χ4v) is 4.27. The lowest BCUT2D eigenvalue weighted by atomic mass is 10.1. The summed E-state index contributed by atoms with van der Waals surface area (Å²) in [7, 11) is 1.76. The third-order valence-electron chi connectivity index (χ3n) is 3.17. The number of nitrogens with one attached hydrogen (secondary N) is 1. The standard InChI is InChI=1S/C15H25NO4S/c1-11(2)9-21(17,18)10-14(16-3)13-7-6-12(19-4)8-15(13)20-5/h6-8,11,14,16H,9-10H2,1-5H3. The summed E-state index contributed by atoms with van der Waals surface area (Å²) in [6, 6.07) is 5.09. The van der Waals surface area contributed by atoms with Crippen molar-refractivity contribution in [2.24, 2.45) is 5.92 Å². The van der Waals surface area contributed by atoms with Gasteiger partial charge in [-0.2, -0.15) is 0 Å². The van der Waals surface area contributed by atoms with E-state index < -0.39 is 9.84 Å². The maximum atomic E-state index is 12.2. The Morgan fingerprint density at radius 3 is 2.29 bits per heavy atom. The lowest BCUT2D eigenvalue weighted by Gasteiger charge is -2.20. The number of ether oxygens (including phenoxy) is 2. The van der Waals surface area contributed by atoms with Crippen molar-refractivity contribution in [1.29, 1.82) is 0 Å². The van der Waals surface area contributed by atoms with Crippen molar-refractivity contribution >= 4 is 9.84 Å². The van der Waals surface area contributed by atoms with Crippen LogP contribution in [-0.4, -0.2) is 41.2 Å². The van der Waals surface area contributed by atoms with Gasteiger partial charge in [0, 0.05) is 17.7 Å². The monoisotopic (exact) mass is 315 g/mol. The minimum absolute atomic E-state index is 0.0460. The predicted octanol–water partition coefficient (Wildman–Crippen LogP) is 2.04. The van der Waals surface area contributed by atoms with Crippen molar-refractivity contribution in [2.45, 2.75) is 19.9 Å². The molecule has 0 amide bonds. The molecule has 1 aromatic carbocycles. The van der Waals surface area contributed by atoms with Crippen molar-refractivity contribution < 1.29 is 17.9 Å². The van der Waals surface area contributed by atoms with E-state index in [1.807, 2.05) is 19.9 Å². The van der Waals surface area contributed by atoms with Crippen molar-refractivity contribution in [3.63, 3.8) is 0 Å². The highest BCUT2D eigenvalue weighted by Crippen LogP contribution is 2.30. The van der Waals surface area contributed by atoms with Gasteiger partial charge in [-0.25, -0.2) is 8.42 Å². The Labute approximate surface area is 127 Å². The van der Waals surface area contributed by atoms with Crippen LogP contribution >= 0.6 is 0 Å². The first-order valence-electron chi connectivity index (χ1n) is 6.92. The molecule has 1 atom stereocenters. The number of sulfone groups is 1. The molecule has 1 N–H and O–H groups in total. The highest BCUT2D eigenvalue weighted by molar-refractivity contribution is 7.91. The fraction of sp³-hybridized carbons (Fsp3) is 0.600. The van der Waals surface area contributed by atoms with Gasteiger partial charge in [0.1, 0.15) is 11.5 Å². The first-order chi connectivity index (χ1) is 9.82. The number of rotatable bonds is 8. The zero-order chi connectivity index (χ0) is 16.0. The number of hydrogen-bond acceptors (Lipinski definition) is 5. The molecule has 1 unspecified atom stereocenters. The number of hydrogen-bond donors (Lipinski definition) is 1. The molecular weight excluding hydrogens is 290 g/mol. The van der Waals surface area contributed by atoms with Crippen LogP contribution in [0.5, 0.6) is 11.5 Å². The van der Waals surface area contributed by atoms with E-state index in [0.717, 1.165) is 5.56 Å². The van der Waals surface area contributed by atoms with E-state index in [4.69, 9.17) is 9.47 Å². The smallest absolute Gasteiger partial charge is 0.152 e. The van der Waals surface area contributed by atoms with Crippen LogP contribution in [0.4, 0.5) is 0 Å². The summed E-state index contributed by atoms with van der Waals surface area (Å²) in [6.07, 6.45) is 0. The quantitative estimate of drug-likeness (QED) is 0.795. The van der Waals surface area contributed by atoms with Crippen molar-refractivity contribution in [3.8, 4) is 11.5 Å². The number of benzene rings is 1. The van der Waals surface area contributed by atoms with Gasteiger partial charge in [-0.1, -0.05) is 19.9 Å². The fourth-order valence-electron chi connectivity index (χ4n) is 2.26. The van der Waals surface area contributed by atoms with E-state index in [-0.39, 0.29) is 23.5 Å². The largest absolute Gasteiger partial charge is 0.497 e. The van der Waals surface area contributed by atoms with E-state index in [1.165, 1.54) is 0 Å². The van der Waals surface area contributed by atoms with Gasteiger partial charge in [0.15, 0.2) is 9.84 Å². The third-order valence-corrected chi connectivity index (χ3v) is 5.19. The molecular formula is C15H25NO4S. The Morgan fingerprint density at radius 1 is 1.14 bits per heavy atom. The zero-order valence-corrected chi connectivity index (χ0v) is 14.2. The SMILES string of the molecule is CNC(CS(=O)(=O)CC(C)C)c1ccc(OC)cc1OC. The Balaban J connectivity index is 3.05. The molecule has 0 aromatic heterocycles. The molecule has 0 saturated carbocycles. The normalized spacial score (nSPS) is 13.2. The second kappa shape index (κ2) is 7.66. The van der Waals surface area contributed by atoms with Crippen LogP contribution in [-0.2, 0) is 9.84 Å². The van der Waals surface area contributed by atoms with E-state index in [9.17, 15) is 8.42 Å². The second-order valence-corrected chi connectivity index (χ2v) is 7.57. The summed E-state index contributed by atoms with van der Waals surface area (Å²) in [5.41, 5.74) is 0.813.